The van der Waals surface area contributed by atoms with Crippen molar-refractivity contribution in [1.29, 1.82) is 0 Å². The Morgan fingerprint density at radius 2 is 2.17 bits per heavy atom. The van der Waals surface area contributed by atoms with Crippen molar-refractivity contribution in [3.63, 3.8) is 0 Å². The fourth-order valence-corrected chi connectivity index (χ4v) is 3.25. The second kappa shape index (κ2) is 5.81. The summed E-state index contributed by atoms with van der Waals surface area (Å²) in [4.78, 5) is 14.2. The van der Waals surface area contributed by atoms with Crippen LogP contribution in [0.25, 0.3) is 0 Å². The van der Waals surface area contributed by atoms with Crippen LogP contribution in [-0.4, -0.2) is 30.1 Å². The Morgan fingerprint density at radius 3 is 2.79 bits per heavy atom. The van der Waals surface area contributed by atoms with Crippen molar-refractivity contribution in [2.75, 3.05) is 5.32 Å². The molecule has 124 valence electrons. The van der Waals surface area contributed by atoms with E-state index in [2.05, 4.69) is 15.7 Å². The van der Waals surface area contributed by atoms with E-state index in [1.807, 2.05) is 13.0 Å². The van der Waals surface area contributed by atoms with E-state index < -0.39 is 20.7 Å². The molecule has 1 aromatic carbocycles. The van der Waals surface area contributed by atoms with Gasteiger partial charge in [0.1, 0.15) is 5.82 Å². The molecular weight excluding hydrogens is 356 g/mol. The van der Waals surface area contributed by atoms with Crippen molar-refractivity contribution >= 4 is 39.6 Å². The van der Waals surface area contributed by atoms with Crippen LogP contribution in [0.3, 0.4) is 0 Å². The van der Waals surface area contributed by atoms with E-state index in [1.165, 1.54) is 17.2 Å². The second-order valence-corrected chi connectivity index (χ2v) is 6.76. The summed E-state index contributed by atoms with van der Waals surface area (Å²) < 4.78 is 32.3. The van der Waals surface area contributed by atoms with Gasteiger partial charge in [-0.05, 0) is 30.7 Å². The standard InChI is InChI=1S/C14H11ClN4O4S/c1-8-2-3-10(9(15)6-8)17-12-4-5-16-14-13(24(21,22)23)11(7-20)18-19(12)14/h2-6,17-18H,1H3,(H,21,22,23). The van der Waals surface area contributed by atoms with Gasteiger partial charge in [0.05, 0.1) is 10.7 Å². The normalized spacial score (nSPS) is 16.5. The quantitative estimate of drug-likeness (QED) is 0.550. The van der Waals surface area contributed by atoms with Crippen LogP contribution in [0.5, 0.6) is 0 Å². The molecule has 0 bridgehead atoms. The molecule has 0 spiro atoms. The lowest BCUT2D eigenvalue weighted by Gasteiger charge is -2.26. The molecule has 0 radical (unpaired) electrons. The Kier molecular flexibility index (Phi) is 3.94. The second-order valence-electron chi connectivity index (χ2n) is 4.99. The highest BCUT2D eigenvalue weighted by atomic mass is 35.5. The number of allylic oxidation sites excluding steroid dienone is 1. The summed E-state index contributed by atoms with van der Waals surface area (Å²) in [5, 5.41) is 4.68. The van der Waals surface area contributed by atoms with Gasteiger partial charge in [0.25, 0.3) is 0 Å². The van der Waals surface area contributed by atoms with E-state index in [-0.39, 0.29) is 5.82 Å². The van der Waals surface area contributed by atoms with Crippen molar-refractivity contribution in [1.82, 2.24) is 10.4 Å². The van der Waals surface area contributed by atoms with Crippen molar-refractivity contribution in [3.8, 4) is 0 Å². The first-order valence-corrected chi connectivity index (χ1v) is 8.44. The Bertz CT molecular complexity index is 974. The minimum Gasteiger partial charge on any atom is -0.339 e. The molecule has 0 atom stereocenters. The van der Waals surface area contributed by atoms with Crippen LogP contribution in [0.15, 0.2) is 51.5 Å². The minimum absolute atomic E-state index is 0.149. The van der Waals surface area contributed by atoms with Crippen LogP contribution in [-0.2, 0) is 14.9 Å². The maximum atomic E-state index is 11.5. The predicted molar refractivity (Wildman–Crippen MR) is 89.1 cm³/mol. The van der Waals surface area contributed by atoms with E-state index in [1.54, 1.807) is 18.2 Å². The van der Waals surface area contributed by atoms with Crippen molar-refractivity contribution in [2.45, 2.75) is 6.92 Å². The van der Waals surface area contributed by atoms with Gasteiger partial charge < -0.3 is 5.32 Å². The molecule has 0 saturated heterocycles. The molecule has 1 aromatic rings. The number of anilines is 1. The smallest absolute Gasteiger partial charge is 0.301 e. The summed E-state index contributed by atoms with van der Waals surface area (Å²) in [7, 11) is -4.66. The van der Waals surface area contributed by atoms with Crippen LogP contribution in [0.1, 0.15) is 5.56 Å². The number of aliphatic imine (C=N–C) groups is 1. The Morgan fingerprint density at radius 1 is 1.42 bits per heavy atom. The molecular formula is C14H11ClN4O4S. The lowest BCUT2D eigenvalue weighted by molar-refractivity contribution is 0.374. The number of hydrogen-bond donors (Lipinski definition) is 3. The summed E-state index contributed by atoms with van der Waals surface area (Å²) in [6, 6.07) is 5.36. The molecule has 0 saturated carbocycles. The molecule has 24 heavy (non-hydrogen) atoms. The zero-order valence-electron chi connectivity index (χ0n) is 12.2. The average molecular weight is 367 g/mol. The Labute approximate surface area is 142 Å². The summed E-state index contributed by atoms with van der Waals surface area (Å²) in [6.45, 7) is 1.89. The van der Waals surface area contributed by atoms with E-state index in [4.69, 9.17) is 11.6 Å². The SMILES string of the molecule is Cc1ccc(NC2=CC=NC3=C(S(=O)(=O)O)C(=C=O)NN23)c(Cl)c1. The maximum absolute atomic E-state index is 11.5. The number of nitrogens with one attached hydrogen (secondary N) is 2. The maximum Gasteiger partial charge on any atom is 0.301 e. The largest absolute Gasteiger partial charge is 0.339 e. The molecule has 0 fully saturated rings. The van der Waals surface area contributed by atoms with Crippen LogP contribution in [0, 0.1) is 6.92 Å². The Hall–Kier alpha value is -2.58. The number of hydrazine groups is 1. The highest BCUT2D eigenvalue weighted by molar-refractivity contribution is 7.90. The van der Waals surface area contributed by atoms with E-state index in [0.29, 0.717) is 16.5 Å². The summed E-state index contributed by atoms with van der Waals surface area (Å²) >= 11 is 6.17. The van der Waals surface area contributed by atoms with Gasteiger partial charge in [0.2, 0.25) is 0 Å². The van der Waals surface area contributed by atoms with Gasteiger partial charge in [-0.3, -0.25) is 9.98 Å². The van der Waals surface area contributed by atoms with Crippen LogP contribution in [0.2, 0.25) is 5.02 Å². The number of aryl methyl sites for hydroxylation is 1. The third-order valence-corrected chi connectivity index (χ3v) is 4.50. The zero-order valence-corrected chi connectivity index (χ0v) is 13.8. The first-order valence-electron chi connectivity index (χ1n) is 6.63. The van der Waals surface area contributed by atoms with Gasteiger partial charge in [0, 0.05) is 6.21 Å². The monoisotopic (exact) mass is 366 g/mol. The van der Waals surface area contributed by atoms with Gasteiger partial charge in [-0.25, -0.2) is 14.8 Å². The van der Waals surface area contributed by atoms with Gasteiger partial charge >= 0.3 is 10.1 Å². The topological polar surface area (TPSA) is 111 Å². The third kappa shape index (κ3) is 2.81. The fraction of sp³-hybridized carbons (Fsp3) is 0.0714. The van der Waals surface area contributed by atoms with E-state index >= 15 is 0 Å². The number of fused-ring (bicyclic) bond motifs is 1. The highest BCUT2D eigenvalue weighted by Crippen LogP contribution is 2.33. The first kappa shape index (κ1) is 16.3. The van der Waals surface area contributed by atoms with Crippen LogP contribution >= 0.6 is 11.6 Å². The molecule has 0 aromatic heterocycles. The highest BCUT2D eigenvalue weighted by Gasteiger charge is 2.38. The lowest BCUT2D eigenvalue weighted by Crippen LogP contribution is -2.34. The van der Waals surface area contributed by atoms with Crippen molar-refractivity contribution in [2.24, 2.45) is 4.99 Å². The minimum atomic E-state index is -4.66. The number of rotatable bonds is 3. The number of halogens is 1. The van der Waals surface area contributed by atoms with Gasteiger partial charge in [-0.15, -0.1) is 0 Å². The van der Waals surface area contributed by atoms with Crippen LogP contribution in [0.4, 0.5) is 5.69 Å². The molecule has 8 nitrogen and oxygen atoms in total. The van der Waals surface area contributed by atoms with Gasteiger partial charge in [0.15, 0.2) is 22.4 Å². The zero-order chi connectivity index (χ0) is 17.5. The fourth-order valence-electron chi connectivity index (χ4n) is 2.24. The molecule has 0 amide bonds. The molecule has 2 aliphatic rings. The molecule has 10 heteroatoms. The van der Waals surface area contributed by atoms with Gasteiger partial charge in [-0.2, -0.15) is 8.42 Å². The van der Waals surface area contributed by atoms with Crippen molar-refractivity contribution < 1.29 is 17.8 Å². The molecule has 3 rings (SSSR count). The average Bonchev–Trinajstić information content (AvgIpc) is 2.89. The summed E-state index contributed by atoms with van der Waals surface area (Å²) in [5.74, 6) is 1.65. The predicted octanol–water partition coefficient (Wildman–Crippen LogP) is 1.58. The third-order valence-electron chi connectivity index (χ3n) is 3.28. The molecule has 0 aliphatic carbocycles. The lowest BCUT2D eigenvalue weighted by atomic mass is 10.2. The molecule has 3 N–H and O–H groups in total. The molecule has 2 aliphatic heterocycles. The van der Waals surface area contributed by atoms with Crippen LogP contribution < -0.4 is 10.7 Å². The number of benzene rings is 1. The van der Waals surface area contributed by atoms with Gasteiger partial charge in [-0.1, -0.05) is 17.7 Å². The number of hydrogen-bond acceptors (Lipinski definition) is 7. The summed E-state index contributed by atoms with van der Waals surface area (Å²) in [6.07, 6.45) is 2.87. The molecule has 0 unspecified atom stereocenters. The number of nitrogens with zero attached hydrogens (tertiary/aromatic N) is 2. The first-order chi connectivity index (χ1) is 11.3. The van der Waals surface area contributed by atoms with E-state index in [0.717, 1.165) is 5.56 Å². The summed E-state index contributed by atoms with van der Waals surface area (Å²) in [5.41, 5.74) is 3.64. The Balaban J connectivity index is 2.02. The van der Waals surface area contributed by atoms with Crippen molar-refractivity contribution in [3.05, 3.63) is 57.1 Å². The number of carbonyl (C=O) groups excluding carboxylic acids is 1. The molecule has 2 heterocycles. The van der Waals surface area contributed by atoms with E-state index in [9.17, 15) is 17.8 Å².